The van der Waals surface area contributed by atoms with E-state index in [2.05, 4.69) is 95.6 Å². The lowest BCUT2D eigenvalue weighted by molar-refractivity contribution is 0.667. The largest absolute Gasteiger partial charge is 0.453 e. The van der Waals surface area contributed by atoms with Crippen molar-refractivity contribution < 1.29 is 4.42 Å². The molecule has 0 aliphatic rings. The lowest BCUT2D eigenvalue weighted by atomic mass is 10.1. The number of nitrogens with zero attached hydrogens (tertiary/aromatic N) is 4. The molecule has 224 valence electrons. The molecule has 10 aromatic rings. The third-order valence-electron chi connectivity index (χ3n) is 9.22. The van der Waals surface area contributed by atoms with Crippen LogP contribution in [0.2, 0.25) is 0 Å². The van der Waals surface area contributed by atoms with Crippen LogP contribution in [-0.2, 0) is 0 Å². The summed E-state index contributed by atoms with van der Waals surface area (Å²) in [7, 11) is 0. The highest BCUT2D eigenvalue weighted by atomic mass is 16.3. The molecule has 0 amide bonds. The number of hydrogen-bond donors (Lipinski definition) is 0. The Balaban J connectivity index is 1.24. The topological polar surface area (TPSA) is 56.7 Å². The summed E-state index contributed by atoms with van der Waals surface area (Å²) < 4.78 is 9.29. The van der Waals surface area contributed by atoms with Crippen LogP contribution in [0.3, 0.4) is 0 Å². The Hall–Kier alpha value is -6.59. The number of hydrogen-bond acceptors (Lipinski definition) is 4. The molecule has 48 heavy (non-hydrogen) atoms. The van der Waals surface area contributed by atoms with Gasteiger partial charge in [0.2, 0.25) is 0 Å². The molecule has 0 saturated carbocycles. The Bertz CT molecular complexity index is 2780. The Morgan fingerprint density at radius 2 is 0.958 bits per heavy atom. The van der Waals surface area contributed by atoms with Gasteiger partial charge in [-0.05, 0) is 41.1 Å². The first kappa shape index (κ1) is 26.6. The summed E-state index contributed by atoms with van der Waals surface area (Å²) in [5.74, 6) is 1.80. The molecule has 0 spiro atoms. The first-order valence-electron chi connectivity index (χ1n) is 16.0. The van der Waals surface area contributed by atoms with Crippen molar-refractivity contribution in [3.8, 4) is 39.9 Å². The van der Waals surface area contributed by atoms with Crippen LogP contribution in [-0.4, -0.2) is 19.5 Å². The van der Waals surface area contributed by atoms with Crippen LogP contribution in [0.4, 0.5) is 0 Å². The molecule has 0 aliphatic carbocycles. The van der Waals surface area contributed by atoms with E-state index in [-0.39, 0.29) is 0 Å². The van der Waals surface area contributed by atoms with Crippen molar-refractivity contribution in [2.45, 2.75) is 0 Å². The van der Waals surface area contributed by atoms with Gasteiger partial charge >= 0.3 is 0 Å². The normalized spacial score (nSPS) is 11.8. The van der Waals surface area contributed by atoms with Gasteiger partial charge in [0, 0.05) is 32.7 Å². The van der Waals surface area contributed by atoms with Crippen molar-refractivity contribution >= 4 is 54.5 Å². The van der Waals surface area contributed by atoms with Crippen molar-refractivity contribution in [3.05, 3.63) is 158 Å². The number of fused-ring (bicyclic) bond motifs is 7. The molecule has 0 bridgehead atoms. The standard InChI is InChI=1S/C43H26N4O/c1-3-13-27(14-4-1)41-44-42(28-15-5-2-6-16-28)46-43(45-41)34-22-11-20-32-33-21-12-24-37(40(33)48-39(32)34)47-36-23-10-9-19-31(36)35-25-29-17-7-8-18-30(29)26-38(35)47/h1-26H. The number of furan rings is 1. The Morgan fingerprint density at radius 1 is 0.396 bits per heavy atom. The summed E-state index contributed by atoms with van der Waals surface area (Å²) in [4.78, 5) is 14.9. The van der Waals surface area contributed by atoms with Gasteiger partial charge in [-0.2, -0.15) is 0 Å². The minimum atomic E-state index is 0.567. The highest BCUT2D eigenvalue weighted by Crippen LogP contribution is 2.41. The predicted octanol–water partition coefficient (Wildman–Crippen LogP) is 11.0. The summed E-state index contributed by atoms with van der Waals surface area (Å²) in [6, 6.07) is 54.4. The third kappa shape index (κ3) is 4.08. The van der Waals surface area contributed by atoms with E-state index in [0.29, 0.717) is 17.5 Å². The maximum atomic E-state index is 6.95. The first-order valence-corrected chi connectivity index (χ1v) is 16.0. The van der Waals surface area contributed by atoms with Crippen LogP contribution < -0.4 is 0 Å². The fraction of sp³-hybridized carbons (Fsp3) is 0. The quantitative estimate of drug-likeness (QED) is 0.198. The molecule has 0 N–H and O–H groups in total. The number of para-hydroxylation sites is 3. The van der Waals surface area contributed by atoms with Gasteiger partial charge < -0.3 is 8.98 Å². The van der Waals surface area contributed by atoms with E-state index in [4.69, 9.17) is 19.4 Å². The number of rotatable bonds is 4. The predicted molar refractivity (Wildman–Crippen MR) is 195 cm³/mol. The zero-order valence-corrected chi connectivity index (χ0v) is 25.7. The van der Waals surface area contributed by atoms with Gasteiger partial charge in [-0.25, -0.2) is 15.0 Å². The molecular weight excluding hydrogens is 589 g/mol. The van der Waals surface area contributed by atoms with Crippen molar-refractivity contribution in [1.29, 1.82) is 0 Å². The average Bonchev–Trinajstić information content (AvgIpc) is 3.70. The zero-order chi connectivity index (χ0) is 31.6. The maximum absolute atomic E-state index is 6.95. The molecule has 3 aromatic heterocycles. The monoisotopic (exact) mass is 614 g/mol. The van der Waals surface area contributed by atoms with Crippen LogP contribution in [0.15, 0.2) is 162 Å². The van der Waals surface area contributed by atoms with Crippen LogP contribution in [0.1, 0.15) is 0 Å². The fourth-order valence-electron chi connectivity index (χ4n) is 7.00. The molecule has 10 rings (SSSR count). The molecule has 5 heteroatoms. The molecule has 0 saturated heterocycles. The number of benzene rings is 7. The fourth-order valence-corrected chi connectivity index (χ4v) is 7.00. The average molecular weight is 615 g/mol. The van der Waals surface area contributed by atoms with E-state index in [0.717, 1.165) is 55.3 Å². The molecule has 0 radical (unpaired) electrons. The van der Waals surface area contributed by atoms with Gasteiger partial charge in [-0.3, -0.25) is 0 Å². The number of aromatic nitrogens is 4. The summed E-state index contributed by atoms with van der Waals surface area (Å²) >= 11 is 0. The highest BCUT2D eigenvalue weighted by molar-refractivity contribution is 6.16. The second-order valence-electron chi connectivity index (χ2n) is 12.0. The van der Waals surface area contributed by atoms with Crippen molar-refractivity contribution in [3.63, 3.8) is 0 Å². The smallest absolute Gasteiger partial charge is 0.167 e. The van der Waals surface area contributed by atoms with Gasteiger partial charge in [0.15, 0.2) is 23.1 Å². The van der Waals surface area contributed by atoms with Gasteiger partial charge in [0.1, 0.15) is 5.58 Å². The second-order valence-corrected chi connectivity index (χ2v) is 12.0. The Labute approximate surface area is 275 Å². The van der Waals surface area contributed by atoms with Gasteiger partial charge in [-0.15, -0.1) is 0 Å². The first-order chi connectivity index (χ1) is 23.8. The molecule has 0 aliphatic heterocycles. The molecule has 3 heterocycles. The zero-order valence-electron chi connectivity index (χ0n) is 25.7. The van der Waals surface area contributed by atoms with E-state index in [1.54, 1.807) is 0 Å². The summed E-state index contributed by atoms with van der Waals surface area (Å²) in [6.07, 6.45) is 0. The third-order valence-corrected chi connectivity index (χ3v) is 9.22. The van der Waals surface area contributed by atoms with Crippen LogP contribution in [0, 0.1) is 0 Å². The van der Waals surface area contributed by atoms with Crippen LogP contribution in [0.25, 0.3) is 94.4 Å². The van der Waals surface area contributed by atoms with E-state index in [1.807, 2.05) is 66.7 Å². The minimum absolute atomic E-state index is 0.567. The van der Waals surface area contributed by atoms with Gasteiger partial charge in [0.25, 0.3) is 0 Å². The second kappa shape index (κ2) is 10.5. The van der Waals surface area contributed by atoms with E-state index in [1.165, 1.54) is 21.5 Å². The van der Waals surface area contributed by atoms with Gasteiger partial charge in [-0.1, -0.05) is 127 Å². The lowest BCUT2D eigenvalue weighted by Crippen LogP contribution is -2.00. The maximum Gasteiger partial charge on any atom is 0.167 e. The summed E-state index contributed by atoms with van der Waals surface area (Å²) in [5.41, 5.74) is 7.50. The highest BCUT2D eigenvalue weighted by Gasteiger charge is 2.21. The molecule has 0 unspecified atom stereocenters. The molecule has 0 atom stereocenters. The minimum Gasteiger partial charge on any atom is -0.453 e. The van der Waals surface area contributed by atoms with Crippen molar-refractivity contribution in [1.82, 2.24) is 19.5 Å². The van der Waals surface area contributed by atoms with Crippen molar-refractivity contribution in [2.75, 3.05) is 0 Å². The molecular formula is C43H26N4O. The molecule has 5 nitrogen and oxygen atoms in total. The molecule has 7 aromatic carbocycles. The van der Waals surface area contributed by atoms with Crippen molar-refractivity contribution in [2.24, 2.45) is 0 Å². The summed E-state index contributed by atoms with van der Waals surface area (Å²) in [5, 5.41) is 6.90. The molecule has 0 fully saturated rings. The Kier molecular flexibility index (Phi) is 5.81. The van der Waals surface area contributed by atoms with E-state index < -0.39 is 0 Å². The lowest BCUT2D eigenvalue weighted by Gasteiger charge is -2.09. The van der Waals surface area contributed by atoms with E-state index >= 15 is 0 Å². The van der Waals surface area contributed by atoms with E-state index in [9.17, 15) is 0 Å². The van der Waals surface area contributed by atoms with Gasteiger partial charge in [0.05, 0.1) is 22.3 Å². The van der Waals surface area contributed by atoms with Crippen LogP contribution in [0.5, 0.6) is 0 Å². The van der Waals surface area contributed by atoms with Crippen LogP contribution >= 0.6 is 0 Å². The summed E-state index contributed by atoms with van der Waals surface area (Å²) in [6.45, 7) is 0. The SMILES string of the molecule is c1ccc(-c2nc(-c3ccccc3)nc(-c3cccc4c3oc3c(-n5c6ccccc6c6cc7ccccc7cc65)cccc34)n2)cc1. The Morgan fingerprint density at radius 3 is 1.69 bits per heavy atom.